The minimum Gasteiger partial charge on any atom is -0.494 e. The van der Waals surface area contributed by atoms with Gasteiger partial charge in [0, 0.05) is 40.8 Å². The molecule has 8 heteroatoms. The van der Waals surface area contributed by atoms with E-state index >= 15 is 0 Å². The molecule has 1 aliphatic rings. The molecule has 0 saturated carbocycles. The van der Waals surface area contributed by atoms with Gasteiger partial charge in [0.05, 0.1) is 24.1 Å². The number of fused-ring (bicyclic) bond motifs is 1. The summed E-state index contributed by atoms with van der Waals surface area (Å²) < 4.78 is 11.9. The third kappa shape index (κ3) is 6.24. The van der Waals surface area contributed by atoms with Crippen molar-refractivity contribution in [2.45, 2.75) is 25.2 Å². The Morgan fingerprint density at radius 1 is 1.03 bits per heavy atom. The molecule has 3 aromatic rings. The third-order valence-corrected chi connectivity index (χ3v) is 6.17. The Balaban J connectivity index is 1.25. The molecule has 1 amide bonds. The summed E-state index contributed by atoms with van der Waals surface area (Å²) in [6, 6.07) is 16.6. The number of nitrogens with one attached hydrogen (secondary N) is 2. The predicted octanol–water partition coefficient (Wildman–Crippen LogP) is 5.63. The van der Waals surface area contributed by atoms with Crippen LogP contribution in [-0.2, 0) is 0 Å². The van der Waals surface area contributed by atoms with Gasteiger partial charge in [0.1, 0.15) is 11.5 Å². The summed E-state index contributed by atoms with van der Waals surface area (Å²) in [6.45, 7) is 1.87. The number of hydrogen-bond acceptors (Lipinski definition) is 6. The summed E-state index contributed by atoms with van der Waals surface area (Å²) >= 11 is 11.5. The highest BCUT2D eigenvalue weighted by atomic mass is 35.5. The van der Waals surface area contributed by atoms with E-state index in [4.69, 9.17) is 33.3 Å². The van der Waals surface area contributed by atoms with Crippen molar-refractivity contribution in [3.63, 3.8) is 0 Å². The van der Waals surface area contributed by atoms with Gasteiger partial charge in [-0.15, -0.1) is 0 Å². The standard InChI is InChI=1S/C26H26ClN3O3S/c27-19-7-9-20(10-8-19)32-15-2-1-3-16-33-23-6-4-5-22-24(23)21(17-29-22)26(34)30-25(31)18-11-13-28-14-12-18/h4-14,21,29H,1-3,15-17H2,(H,30,31,34). The van der Waals surface area contributed by atoms with E-state index in [0.717, 1.165) is 42.0 Å². The number of thiocarbonyl (C=S) groups is 1. The lowest BCUT2D eigenvalue weighted by Gasteiger charge is -2.17. The van der Waals surface area contributed by atoms with Crippen molar-refractivity contribution in [3.05, 3.63) is 83.1 Å². The first-order valence-electron chi connectivity index (χ1n) is 11.2. The van der Waals surface area contributed by atoms with Crippen molar-refractivity contribution >= 4 is 40.4 Å². The number of anilines is 1. The van der Waals surface area contributed by atoms with Gasteiger partial charge in [0.2, 0.25) is 0 Å². The highest BCUT2D eigenvalue weighted by Gasteiger charge is 2.30. The predicted molar refractivity (Wildman–Crippen MR) is 138 cm³/mol. The van der Waals surface area contributed by atoms with Crippen molar-refractivity contribution < 1.29 is 14.3 Å². The first-order chi connectivity index (χ1) is 16.6. The fraction of sp³-hybridized carbons (Fsp3) is 0.269. The average molecular weight is 496 g/mol. The minimum atomic E-state index is -0.236. The Morgan fingerprint density at radius 2 is 1.76 bits per heavy atom. The number of ether oxygens (including phenoxy) is 2. The quantitative estimate of drug-likeness (QED) is 0.280. The summed E-state index contributed by atoms with van der Waals surface area (Å²) in [5.74, 6) is 1.25. The first kappa shape index (κ1) is 24.0. The molecule has 1 aliphatic heterocycles. The molecule has 6 nitrogen and oxygen atoms in total. The van der Waals surface area contributed by atoms with Gasteiger partial charge in [-0.25, -0.2) is 0 Å². The Labute approximate surface area is 209 Å². The van der Waals surface area contributed by atoms with Crippen molar-refractivity contribution in [1.82, 2.24) is 10.3 Å². The maximum Gasteiger partial charge on any atom is 0.256 e. The molecular formula is C26H26ClN3O3S. The Kier molecular flexibility index (Phi) is 8.33. The maximum absolute atomic E-state index is 12.5. The monoisotopic (exact) mass is 495 g/mol. The number of unbranched alkanes of at least 4 members (excludes halogenated alkanes) is 2. The van der Waals surface area contributed by atoms with Crippen LogP contribution in [0.3, 0.4) is 0 Å². The van der Waals surface area contributed by atoms with E-state index in [-0.39, 0.29) is 11.8 Å². The van der Waals surface area contributed by atoms with Gasteiger partial charge in [-0.1, -0.05) is 29.9 Å². The van der Waals surface area contributed by atoms with E-state index in [9.17, 15) is 4.79 Å². The second-order valence-electron chi connectivity index (χ2n) is 7.92. The highest BCUT2D eigenvalue weighted by Crippen LogP contribution is 2.39. The van der Waals surface area contributed by atoms with Gasteiger partial charge in [-0.2, -0.15) is 0 Å². The second kappa shape index (κ2) is 11.8. The molecule has 2 N–H and O–H groups in total. The maximum atomic E-state index is 12.5. The van der Waals surface area contributed by atoms with Crippen LogP contribution >= 0.6 is 23.8 Å². The topological polar surface area (TPSA) is 72.5 Å². The van der Waals surface area contributed by atoms with Crippen LogP contribution in [0, 0.1) is 0 Å². The number of nitrogens with zero attached hydrogens (tertiary/aromatic N) is 1. The molecule has 1 aromatic heterocycles. The van der Waals surface area contributed by atoms with Crippen molar-refractivity contribution in [1.29, 1.82) is 0 Å². The lowest BCUT2D eigenvalue weighted by atomic mass is 9.99. The van der Waals surface area contributed by atoms with Crippen molar-refractivity contribution in [2.75, 3.05) is 25.1 Å². The molecule has 0 saturated heterocycles. The normalized spacial score (nSPS) is 14.1. The van der Waals surface area contributed by atoms with Crippen LogP contribution in [0.4, 0.5) is 5.69 Å². The van der Waals surface area contributed by atoms with E-state index in [1.54, 1.807) is 24.5 Å². The molecular weight excluding hydrogens is 470 g/mol. The van der Waals surface area contributed by atoms with Crippen LogP contribution in [0.2, 0.25) is 5.02 Å². The number of benzene rings is 2. The van der Waals surface area contributed by atoms with Crippen LogP contribution < -0.4 is 20.1 Å². The molecule has 0 bridgehead atoms. The van der Waals surface area contributed by atoms with E-state index in [1.165, 1.54) is 0 Å². The molecule has 2 aromatic carbocycles. The summed E-state index contributed by atoms with van der Waals surface area (Å²) in [7, 11) is 0. The zero-order chi connectivity index (χ0) is 23.8. The van der Waals surface area contributed by atoms with Crippen LogP contribution in [0.15, 0.2) is 67.0 Å². The zero-order valence-corrected chi connectivity index (χ0v) is 20.2. The van der Waals surface area contributed by atoms with E-state index in [0.29, 0.717) is 35.3 Å². The number of rotatable bonds is 10. The fourth-order valence-corrected chi connectivity index (χ4v) is 4.20. The number of halogens is 1. The van der Waals surface area contributed by atoms with Gasteiger partial charge >= 0.3 is 0 Å². The molecule has 0 spiro atoms. The van der Waals surface area contributed by atoms with Crippen molar-refractivity contribution in [3.8, 4) is 11.5 Å². The van der Waals surface area contributed by atoms with Gasteiger partial charge in [-0.05, 0) is 67.8 Å². The largest absolute Gasteiger partial charge is 0.494 e. The Morgan fingerprint density at radius 3 is 2.53 bits per heavy atom. The average Bonchev–Trinajstić information content (AvgIpc) is 3.30. The molecule has 4 rings (SSSR count). The molecule has 0 fully saturated rings. The SMILES string of the molecule is O=C(NC(=S)C1CNc2cccc(OCCCCCOc3ccc(Cl)cc3)c21)c1ccncc1. The molecule has 0 aliphatic carbocycles. The van der Waals surface area contributed by atoms with E-state index < -0.39 is 0 Å². The summed E-state index contributed by atoms with van der Waals surface area (Å²) in [4.78, 5) is 16.9. The number of carbonyl (C=O) groups excluding carboxylic acids is 1. The molecule has 0 radical (unpaired) electrons. The van der Waals surface area contributed by atoms with Crippen LogP contribution in [0.1, 0.15) is 41.1 Å². The molecule has 1 unspecified atom stereocenters. The Hall–Kier alpha value is -3.16. The van der Waals surface area contributed by atoms with E-state index in [1.807, 2.05) is 42.5 Å². The number of aromatic nitrogens is 1. The molecule has 1 atom stereocenters. The molecule has 34 heavy (non-hydrogen) atoms. The van der Waals surface area contributed by atoms with Crippen LogP contribution in [0.5, 0.6) is 11.5 Å². The number of carbonyl (C=O) groups is 1. The van der Waals surface area contributed by atoms with Crippen molar-refractivity contribution in [2.24, 2.45) is 0 Å². The van der Waals surface area contributed by atoms with Gasteiger partial charge in [0.25, 0.3) is 5.91 Å². The molecule has 2 heterocycles. The first-order valence-corrected chi connectivity index (χ1v) is 12.0. The van der Waals surface area contributed by atoms with Gasteiger partial charge < -0.3 is 20.1 Å². The lowest BCUT2D eigenvalue weighted by molar-refractivity contribution is 0.0976. The van der Waals surface area contributed by atoms with E-state index in [2.05, 4.69) is 15.6 Å². The zero-order valence-electron chi connectivity index (χ0n) is 18.6. The van der Waals surface area contributed by atoms with Gasteiger partial charge in [-0.3, -0.25) is 9.78 Å². The third-order valence-electron chi connectivity index (χ3n) is 5.54. The summed E-state index contributed by atoms with van der Waals surface area (Å²) in [5.41, 5.74) is 2.50. The number of hydrogen-bond donors (Lipinski definition) is 2. The second-order valence-corrected chi connectivity index (χ2v) is 8.79. The number of pyridine rings is 1. The van der Waals surface area contributed by atoms with Crippen LogP contribution in [-0.4, -0.2) is 35.6 Å². The summed E-state index contributed by atoms with van der Waals surface area (Å²) in [5, 5.41) is 6.93. The Bertz CT molecular complexity index is 1130. The van der Waals surface area contributed by atoms with Crippen LogP contribution in [0.25, 0.3) is 0 Å². The summed E-state index contributed by atoms with van der Waals surface area (Å²) in [6.07, 6.45) is 6.01. The smallest absolute Gasteiger partial charge is 0.256 e. The highest BCUT2D eigenvalue weighted by molar-refractivity contribution is 7.80. The van der Waals surface area contributed by atoms with Gasteiger partial charge in [0.15, 0.2) is 0 Å². The number of amides is 1. The molecule has 176 valence electrons. The lowest BCUT2D eigenvalue weighted by Crippen LogP contribution is -2.34. The minimum absolute atomic E-state index is 0.139. The fourth-order valence-electron chi connectivity index (χ4n) is 3.78.